The van der Waals surface area contributed by atoms with Gasteiger partial charge in [-0.15, -0.1) is 0 Å². The Labute approximate surface area is 81.2 Å². The highest BCUT2D eigenvalue weighted by Gasteiger charge is 2.23. The highest BCUT2D eigenvalue weighted by molar-refractivity contribution is 6.29. The first kappa shape index (κ1) is 8.88. The number of rotatable bonds is 2. The number of hydrogen-bond acceptors (Lipinski definition) is 2. The number of hydrogen-bond donors (Lipinski definition) is 0. The van der Waals surface area contributed by atoms with Crippen molar-refractivity contribution in [2.24, 2.45) is 5.92 Å². The predicted octanol–water partition coefficient (Wildman–Crippen LogP) is 2.53. The second-order valence-electron chi connectivity index (χ2n) is 3.48. The third-order valence-corrected chi connectivity index (χ3v) is 2.44. The van der Waals surface area contributed by atoms with Gasteiger partial charge in [0, 0.05) is 6.42 Å². The summed E-state index contributed by atoms with van der Waals surface area (Å²) in [6.07, 6.45) is 3.30. The van der Waals surface area contributed by atoms with E-state index in [1.807, 2.05) is 0 Å². The van der Waals surface area contributed by atoms with Gasteiger partial charge in [0.05, 0.1) is 5.69 Å². The first-order valence-corrected chi connectivity index (χ1v) is 4.73. The van der Waals surface area contributed by atoms with Crippen LogP contribution in [0.1, 0.15) is 24.4 Å². The van der Waals surface area contributed by atoms with Crippen LogP contribution in [-0.4, -0.2) is 9.97 Å². The highest BCUT2D eigenvalue weighted by atomic mass is 35.5. The molecule has 0 aliphatic heterocycles. The molecule has 0 amide bonds. The normalized spacial score (nSPS) is 16.2. The van der Waals surface area contributed by atoms with Crippen molar-refractivity contribution in [1.29, 1.82) is 0 Å². The maximum absolute atomic E-state index is 13.0. The highest BCUT2D eigenvalue weighted by Crippen LogP contribution is 2.32. The molecule has 0 aromatic carbocycles. The SMILES string of the molecule is Cc1nc(CC2CC2)nc(Cl)c1F. The Morgan fingerprint density at radius 1 is 1.46 bits per heavy atom. The van der Waals surface area contributed by atoms with Crippen LogP contribution in [0.15, 0.2) is 0 Å². The summed E-state index contributed by atoms with van der Waals surface area (Å²) in [6, 6.07) is 0. The summed E-state index contributed by atoms with van der Waals surface area (Å²) in [5.74, 6) is 0.869. The average Bonchev–Trinajstić information content (AvgIpc) is 2.84. The lowest BCUT2D eigenvalue weighted by atomic mass is 10.3. The van der Waals surface area contributed by atoms with E-state index in [4.69, 9.17) is 11.6 Å². The van der Waals surface area contributed by atoms with Crippen LogP contribution in [0.2, 0.25) is 5.15 Å². The molecule has 0 radical (unpaired) electrons. The van der Waals surface area contributed by atoms with E-state index in [-0.39, 0.29) is 5.15 Å². The molecule has 1 heterocycles. The van der Waals surface area contributed by atoms with Crippen LogP contribution in [-0.2, 0) is 6.42 Å². The van der Waals surface area contributed by atoms with Crippen LogP contribution in [0.3, 0.4) is 0 Å². The predicted molar refractivity (Wildman–Crippen MR) is 48.2 cm³/mol. The van der Waals surface area contributed by atoms with Gasteiger partial charge in [-0.25, -0.2) is 14.4 Å². The molecule has 0 spiro atoms. The minimum atomic E-state index is -0.499. The Hall–Kier alpha value is -0.700. The Morgan fingerprint density at radius 2 is 2.15 bits per heavy atom. The van der Waals surface area contributed by atoms with Crippen molar-refractivity contribution in [2.45, 2.75) is 26.2 Å². The van der Waals surface area contributed by atoms with Gasteiger partial charge in [-0.1, -0.05) is 11.6 Å². The van der Waals surface area contributed by atoms with Crippen LogP contribution in [0.5, 0.6) is 0 Å². The summed E-state index contributed by atoms with van der Waals surface area (Å²) >= 11 is 5.60. The van der Waals surface area contributed by atoms with Crippen LogP contribution < -0.4 is 0 Å². The van der Waals surface area contributed by atoms with E-state index in [9.17, 15) is 4.39 Å². The zero-order valence-corrected chi connectivity index (χ0v) is 8.10. The molecule has 0 bridgehead atoms. The van der Waals surface area contributed by atoms with E-state index < -0.39 is 5.82 Å². The molecule has 1 saturated carbocycles. The van der Waals surface area contributed by atoms with Gasteiger partial charge in [0.15, 0.2) is 11.0 Å². The van der Waals surface area contributed by atoms with Gasteiger partial charge in [0.1, 0.15) is 5.82 Å². The first-order valence-electron chi connectivity index (χ1n) is 4.35. The molecule has 1 aliphatic carbocycles. The van der Waals surface area contributed by atoms with Gasteiger partial charge < -0.3 is 0 Å². The van der Waals surface area contributed by atoms with Crippen LogP contribution in [0.25, 0.3) is 0 Å². The lowest BCUT2D eigenvalue weighted by Crippen LogP contribution is -2.02. The van der Waals surface area contributed by atoms with Gasteiger partial charge >= 0.3 is 0 Å². The van der Waals surface area contributed by atoms with Crippen LogP contribution >= 0.6 is 11.6 Å². The van der Waals surface area contributed by atoms with E-state index >= 15 is 0 Å². The summed E-state index contributed by atoms with van der Waals surface area (Å²) in [4.78, 5) is 7.94. The molecule has 0 N–H and O–H groups in total. The fourth-order valence-corrected chi connectivity index (χ4v) is 1.49. The minimum absolute atomic E-state index is 0.0526. The summed E-state index contributed by atoms with van der Waals surface area (Å²) < 4.78 is 13.0. The van der Waals surface area contributed by atoms with Crippen LogP contribution in [0.4, 0.5) is 4.39 Å². The van der Waals surface area contributed by atoms with E-state index in [2.05, 4.69) is 9.97 Å². The van der Waals surface area contributed by atoms with E-state index in [0.29, 0.717) is 17.4 Å². The summed E-state index contributed by atoms with van der Waals surface area (Å²) in [5.41, 5.74) is 0.343. The largest absolute Gasteiger partial charge is 0.235 e. The van der Waals surface area contributed by atoms with Crippen LogP contribution in [0, 0.1) is 18.7 Å². The number of aromatic nitrogens is 2. The summed E-state index contributed by atoms with van der Waals surface area (Å²) in [5, 5.41) is -0.0526. The maximum Gasteiger partial charge on any atom is 0.181 e. The zero-order valence-electron chi connectivity index (χ0n) is 7.35. The number of halogens is 2. The monoisotopic (exact) mass is 200 g/mol. The molecule has 4 heteroatoms. The molecule has 1 aliphatic rings. The second kappa shape index (κ2) is 3.22. The van der Waals surface area contributed by atoms with Crippen molar-refractivity contribution in [3.8, 4) is 0 Å². The fraction of sp³-hybridized carbons (Fsp3) is 0.556. The number of aryl methyl sites for hydroxylation is 1. The van der Waals surface area contributed by atoms with E-state index in [0.717, 1.165) is 6.42 Å². The summed E-state index contributed by atoms with van der Waals surface area (Å²) in [6.45, 7) is 1.61. The average molecular weight is 201 g/mol. The topological polar surface area (TPSA) is 25.8 Å². The fourth-order valence-electron chi connectivity index (χ4n) is 1.25. The molecular weight excluding hydrogens is 191 g/mol. The molecule has 1 fully saturated rings. The van der Waals surface area contributed by atoms with E-state index in [1.54, 1.807) is 6.92 Å². The molecule has 2 rings (SSSR count). The molecule has 0 saturated heterocycles. The van der Waals surface area contributed by atoms with E-state index in [1.165, 1.54) is 12.8 Å². The van der Waals surface area contributed by atoms with Gasteiger partial charge in [-0.2, -0.15) is 0 Å². The Balaban J connectivity index is 2.25. The Bertz CT molecular complexity index is 313. The first-order chi connectivity index (χ1) is 6.16. The Morgan fingerprint density at radius 3 is 2.69 bits per heavy atom. The van der Waals surface area contributed by atoms with Crippen molar-refractivity contribution in [3.05, 3.63) is 22.5 Å². The minimum Gasteiger partial charge on any atom is -0.235 e. The van der Waals surface area contributed by atoms with Crippen molar-refractivity contribution in [3.63, 3.8) is 0 Å². The molecule has 70 valence electrons. The quantitative estimate of drug-likeness (QED) is 0.686. The Kier molecular flexibility index (Phi) is 2.20. The molecule has 0 atom stereocenters. The van der Waals surface area contributed by atoms with Crippen molar-refractivity contribution in [2.75, 3.05) is 0 Å². The summed E-state index contributed by atoms with van der Waals surface area (Å²) in [7, 11) is 0. The maximum atomic E-state index is 13.0. The zero-order chi connectivity index (χ0) is 9.42. The number of nitrogens with zero attached hydrogens (tertiary/aromatic N) is 2. The lowest BCUT2D eigenvalue weighted by molar-refractivity contribution is 0.593. The molecule has 2 nitrogen and oxygen atoms in total. The van der Waals surface area contributed by atoms with Crippen molar-refractivity contribution in [1.82, 2.24) is 9.97 Å². The molecule has 13 heavy (non-hydrogen) atoms. The second-order valence-corrected chi connectivity index (χ2v) is 3.84. The van der Waals surface area contributed by atoms with Gasteiger partial charge in [0.2, 0.25) is 0 Å². The van der Waals surface area contributed by atoms with Gasteiger partial charge in [-0.3, -0.25) is 0 Å². The van der Waals surface area contributed by atoms with Crippen molar-refractivity contribution < 1.29 is 4.39 Å². The smallest absolute Gasteiger partial charge is 0.181 e. The molecule has 0 unspecified atom stereocenters. The standard InChI is InChI=1S/C9H10ClFN2/c1-5-8(11)9(10)13-7(12-5)4-6-2-3-6/h6H,2-4H2,1H3. The third-order valence-electron chi connectivity index (χ3n) is 2.19. The third kappa shape index (κ3) is 1.97. The molecule has 1 aromatic rings. The molecule has 1 aromatic heterocycles. The van der Waals surface area contributed by atoms with Gasteiger partial charge in [-0.05, 0) is 25.7 Å². The molecular formula is C9H10ClFN2. The van der Waals surface area contributed by atoms with Crippen molar-refractivity contribution >= 4 is 11.6 Å². The van der Waals surface area contributed by atoms with Gasteiger partial charge in [0.25, 0.3) is 0 Å². The lowest BCUT2D eigenvalue weighted by Gasteiger charge is -2.02.